The van der Waals surface area contributed by atoms with Gasteiger partial charge in [-0.2, -0.15) is 0 Å². The largest absolute Gasteiger partial charge is 0.450 e. The molecule has 0 atom stereocenters. The van der Waals surface area contributed by atoms with Crippen molar-refractivity contribution in [2.75, 3.05) is 11.9 Å². The Morgan fingerprint density at radius 1 is 1.83 bits per heavy atom. The number of hydrogen-bond acceptors (Lipinski definition) is 3. The van der Waals surface area contributed by atoms with Crippen LogP contribution in [0.25, 0.3) is 0 Å². The molecule has 0 bridgehead atoms. The zero-order chi connectivity index (χ0) is 8.81. The molecule has 1 aromatic rings. The first-order valence-electron chi connectivity index (χ1n) is 3.59. The van der Waals surface area contributed by atoms with E-state index >= 15 is 0 Å². The summed E-state index contributed by atoms with van der Waals surface area (Å²) in [6.45, 7) is 2.09. The topological polar surface area (TPSA) is 51.2 Å². The number of carbonyl (C=O) groups is 1. The van der Waals surface area contributed by atoms with Crippen molar-refractivity contribution in [2.24, 2.45) is 0 Å². The van der Waals surface area contributed by atoms with Gasteiger partial charge in [0.05, 0.1) is 6.61 Å². The maximum atomic E-state index is 10.8. The number of pyridine rings is 1. The van der Waals surface area contributed by atoms with Crippen LogP contribution in [0.3, 0.4) is 0 Å². The molecule has 1 aromatic heterocycles. The van der Waals surface area contributed by atoms with E-state index in [0.29, 0.717) is 12.4 Å². The molecule has 4 nitrogen and oxygen atoms in total. The van der Waals surface area contributed by atoms with Crippen molar-refractivity contribution >= 4 is 11.9 Å². The fraction of sp³-hybridized carbons (Fsp3) is 0.250. The van der Waals surface area contributed by atoms with Crippen LogP contribution in [0.1, 0.15) is 6.92 Å². The van der Waals surface area contributed by atoms with Gasteiger partial charge in [-0.25, -0.2) is 9.78 Å². The van der Waals surface area contributed by atoms with Crippen molar-refractivity contribution in [3.05, 3.63) is 24.4 Å². The van der Waals surface area contributed by atoms with Gasteiger partial charge in [-0.3, -0.25) is 5.32 Å². The Morgan fingerprint density at radius 2 is 2.67 bits per heavy atom. The van der Waals surface area contributed by atoms with Gasteiger partial charge in [0.25, 0.3) is 0 Å². The molecule has 4 heteroatoms. The molecule has 63 valence electrons. The first-order chi connectivity index (χ1) is 5.83. The highest BCUT2D eigenvalue weighted by Crippen LogP contribution is 1.99. The lowest BCUT2D eigenvalue weighted by Crippen LogP contribution is -2.13. The number of amides is 1. The van der Waals surface area contributed by atoms with Crippen molar-refractivity contribution in [3.8, 4) is 0 Å². The van der Waals surface area contributed by atoms with E-state index in [2.05, 4.69) is 21.1 Å². The van der Waals surface area contributed by atoms with E-state index < -0.39 is 6.09 Å². The summed E-state index contributed by atoms with van der Waals surface area (Å²) in [4.78, 5) is 14.7. The summed E-state index contributed by atoms with van der Waals surface area (Å²) < 4.78 is 4.64. The van der Waals surface area contributed by atoms with Crippen LogP contribution in [-0.4, -0.2) is 17.7 Å². The molecule has 0 aliphatic heterocycles. The molecule has 1 heterocycles. The zero-order valence-corrected chi connectivity index (χ0v) is 6.70. The molecule has 1 amide bonds. The molecule has 1 radical (unpaired) electrons. The Hall–Kier alpha value is -1.58. The number of rotatable bonds is 2. The lowest BCUT2D eigenvalue weighted by atomic mass is 10.5. The number of nitrogens with zero attached hydrogens (tertiary/aromatic N) is 1. The molecule has 0 fully saturated rings. The summed E-state index contributed by atoms with van der Waals surface area (Å²) in [6, 6.07) is 5.99. The lowest BCUT2D eigenvalue weighted by Gasteiger charge is -2.02. The number of aromatic nitrogens is 1. The van der Waals surface area contributed by atoms with Crippen LogP contribution in [0, 0.1) is 6.07 Å². The SMILES string of the molecule is CCOC(=O)Nc1c[c]ccn1. The average molecular weight is 165 g/mol. The molecular formula is C8H9N2O2. The highest BCUT2D eigenvalue weighted by Gasteiger charge is 2.00. The van der Waals surface area contributed by atoms with Crippen LogP contribution in [0.15, 0.2) is 18.3 Å². The summed E-state index contributed by atoms with van der Waals surface area (Å²) in [6.07, 6.45) is 1.05. The van der Waals surface area contributed by atoms with Crippen molar-refractivity contribution in [2.45, 2.75) is 6.92 Å². The number of hydrogen-bond donors (Lipinski definition) is 1. The number of carbonyl (C=O) groups excluding carboxylic acids is 1. The van der Waals surface area contributed by atoms with Crippen molar-refractivity contribution in [3.63, 3.8) is 0 Å². The van der Waals surface area contributed by atoms with Crippen molar-refractivity contribution < 1.29 is 9.53 Å². The van der Waals surface area contributed by atoms with Gasteiger partial charge in [-0.15, -0.1) is 0 Å². The monoisotopic (exact) mass is 165 g/mol. The van der Waals surface area contributed by atoms with Crippen LogP contribution < -0.4 is 5.32 Å². The second kappa shape index (κ2) is 4.33. The Labute approximate surface area is 70.6 Å². The minimum atomic E-state index is -0.496. The molecule has 0 saturated carbocycles. The molecule has 0 aromatic carbocycles. The predicted molar refractivity (Wildman–Crippen MR) is 43.7 cm³/mol. The minimum absolute atomic E-state index is 0.350. The van der Waals surface area contributed by atoms with Gasteiger partial charge >= 0.3 is 6.09 Å². The van der Waals surface area contributed by atoms with Crippen molar-refractivity contribution in [1.29, 1.82) is 0 Å². The fourth-order valence-corrected chi connectivity index (χ4v) is 0.665. The van der Waals surface area contributed by atoms with Gasteiger partial charge in [0.2, 0.25) is 0 Å². The number of nitrogens with one attached hydrogen (secondary N) is 1. The highest BCUT2D eigenvalue weighted by atomic mass is 16.5. The van der Waals surface area contributed by atoms with Gasteiger partial charge in [-0.1, -0.05) is 0 Å². The predicted octanol–water partition coefficient (Wildman–Crippen LogP) is 1.45. The average Bonchev–Trinajstić information content (AvgIpc) is 2.06. The van der Waals surface area contributed by atoms with E-state index in [1.807, 2.05) is 0 Å². The Balaban J connectivity index is 2.47. The van der Waals surface area contributed by atoms with E-state index in [1.54, 1.807) is 25.3 Å². The third-order valence-electron chi connectivity index (χ3n) is 1.11. The molecule has 0 saturated heterocycles. The molecule has 0 unspecified atom stereocenters. The normalized spacial score (nSPS) is 9.08. The molecule has 1 rings (SSSR count). The zero-order valence-electron chi connectivity index (χ0n) is 6.70. The smallest absolute Gasteiger partial charge is 0.412 e. The standard InChI is InChI=1S/C8H9N2O2/c1-2-12-8(11)10-7-5-3-4-6-9-7/h4-6H,2H2,1H3,(H,9,10,11). The lowest BCUT2D eigenvalue weighted by molar-refractivity contribution is 0.168. The summed E-state index contributed by atoms with van der Waals surface area (Å²) in [5.41, 5.74) is 0. The van der Waals surface area contributed by atoms with Crippen LogP contribution >= 0.6 is 0 Å². The second-order valence-corrected chi connectivity index (χ2v) is 1.99. The van der Waals surface area contributed by atoms with E-state index in [0.717, 1.165) is 0 Å². The van der Waals surface area contributed by atoms with Crippen LogP contribution in [-0.2, 0) is 4.74 Å². The third kappa shape index (κ3) is 2.57. The number of anilines is 1. The van der Waals surface area contributed by atoms with Crippen molar-refractivity contribution in [1.82, 2.24) is 4.98 Å². The molecule has 1 N–H and O–H groups in total. The van der Waals surface area contributed by atoms with Crippen LogP contribution in [0.4, 0.5) is 10.6 Å². The van der Waals surface area contributed by atoms with Gasteiger partial charge in [0.15, 0.2) is 0 Å². The molecule has 12 heavy (non-hydrogen) atoms. The van der Waals surface area contributed by atoms with E-state index in [-0.39, 0.29) is 0 Å². The van der Waals surface area contributed by atoms with Gasteiger partial charge < -0.3 is 4.74 Å². The van der Waals surface area contributed by atoms with Crippen LogP contribution in [0.2, 0.25) is 0 Å². The number of ether oxygens (including phenoxy) is 1. The second-order valence-electron chi connectivity index (χ2n) is 1.99. The molecule has 0 aliphatic rings. The highest BCUT2D eigenvalue weighted by molar-refractivity contribution is 5.83. The molecule has 0 aliphatic carbocycles. The Kier molecular flexibility index (Phi) is 3.07. The maximum Gasteiger partial charge on any atom is 0.412 e. The summed E-state index contributed by atoms with van der Waals surface area (Å²) >= 11 is 0. The van der Waals surface area contributed by atoms with Gasteiger partial charge in [-0.05, 0) is 25.1 Å². The van der Waals surface area contributed by atoms with Gasteiger partial charge in [0.1, 0.15) is 5.82 Å². The summed E-state index contributed by atoms with van der Waals surface area (Å²) in [5.74, 6) is 0.441. The first-order valence-corrected chi connectivity index (χ1v) is 3.59. The minimum Gasteiger partial charge on any atom is -0.450 e. The van der Waals surface area contributed by atoms with E-state index in [4.69, 9.17) is 0 Å². The van der Waals surface area contributed by atoms with Gasteiger partial charge in [0, 0.05) is 6.20 Å². The third-order valence-corrected chi connectivity index (χ3v) is 1.11. The summed E-state index contributed by atoms with van der Waals surface area (Å²) in [5, 5.41) is 2.44. The molecular weight excluding hydrogens is 156 g/mol. The van der Waals surface area contributed by atoms with Crippen LogP contribution in [0.5, 0.6) is 0 Å². The summed E-state index contributed by atoms with van der Waals surface area (Å²) in [7, 11) is 0. The maximum absolute atomic E-state index is 10.8. The van der Waals surface area contributed by atoms with E-state index in [9.17, 15) is 4.79 Å². The molecule has 0 spiro atoms. The van der Waals surface area contributed by atoms with E-state index in [1.165, 1.54) is 0 Å². The Bertz CT molecular complexity index is 248. The Morgan fingerprint density at radius 3 is 3.25 bits per heavy atom. The quantitative estimate of drug-likeness (QED) is 0.721. The first kappa shape index (κ1) is 8.52. The fourth-order valence-electron chi connectivity index (χ4n) is 0.665.